The Morgan fingerprint density at radius 2 is 2.25 bits per heavy atom. The zero-order valence-corrected chi connectivity index (χ0v) is 10.9. The Morgan fingerprint density at radius 3 is 2.75 bits per heavy atom. The molecule has 0 aliphatic rings. The van der Waals surface area contributed by atoms with Gasteiger partial charge in [-0.1, -0.05) is 0 Å². The second-order valence-electron chi connectivity index (χ2n) is 3.16. The third-order valence-corrected chi connectivity index (χ3v) is 3.53. The van der Waals surface area contributed by atoms with Crippen LogP contribution in [0.1, 0.15) is 23.2 Å². The van der Waals surface area contributed by atoms with E-state index in [1.807, 2.05) is 22.6 Å². The Labute approximate surface area is 105 Å². The molecule has 1 heterocycles. The number of nitrogens with zero attached hydrogens (tertiary/aromatic N) is 1. The molecular formula is C10H10F2INO2. The van der Waals surface area contributed by atoms with Crippen molar-refractivity contribution in [1.29, 1.82) is 0 Å². The lowest BCUT2D eigenvalue weighted by Crippen LogP contribution is -2.09. The summed E-state index contributed by atoms with van der Waals surface area (Å²) in [4.78, 5) is 14.7. The first-order valence-corrected chi connectivity index (χ1v) is 5.54. The van der Waals surface area contributed by atoms with Crippen LogP contribution in [0.3, 0.4) is 0 Å². The minimum Gasteiger partial charge on any atom is -0.469 e. The van der Waals surface area contributed by atoms with Crippen LogP contribution in [-0.4, -0.2) is 18.1 Å². The molecule has 0 aromatic carbocycles. The first-order valence-electron chi connectivity index (χ1n) is 4.46. The van der Waals surface area contributed by atoms with Gasteiger partial charge in [0.05, 0.1) is 13.5 Å². The number of ether oxygens (including phenoxy) is 1. The fraction of sp³-hybridized carbons (Fsp3) is 0.400. The van der Waals surface area contributed by atoms with Crippen molar-refractivity contribution >= 4 is 28.6 Å². The number of carbonyl (C=O) groups excluding carboxylic acids is 1. The van der Waals surface area contributed by atoms with E-state index in [0.717, 1.165) is 0 Å². The third kappa shape index (κ3) is 2.87. The van der Waals surface area contributed by atoms with Gasteiger partial charge in [-0.3, -0.25) is 9.78 Å². The van der Waals surface area contributed by atoms with Gasteiger partial charge < -0.3 is 4.74 Å². The molecule has 88 valence electrons. The molecule has 0 N–H and O–H groups in total. The maximum absolute atomic E-state index is 12.5. The number of aromatic nitrogens is 1. The minimum absolute atomic E-state index is 0.0504. The van der Waals surface area contributed by atoms with Crippen LogP contribution in [0.15, 0.2) is 6.20 Å². The summed E-state index contributed by atoms with van der Waals surface area (Å²) in [5.74, 6) is -0.412. The molecule has 1 aromatic rings. The summed E-state index contributed by atoms with van der Waals surface area (Å²) in [5.41, 5.74) is 1.02. The topological polar surface area (TPSA) is 39.2 Å². The fourth-order valence-electron chi connectivity index (χ4n) is 1.19. The molecule has 0 amide bonds. The van der Waals surface area contributed by atoms with Gasteiger partial charge in [-0.15, -0.1) is 0 Å². The highest BCUT2D eigenvalue weighted by atomic mass is 127. The smallest absolute Gasteiger partial charge is 0.310 e. The van der Waals surface area contributed by atoms with Gasteiger partial charge in [0.1, 0.15) is 5.69 Å². The Morgan fingerprint density at radius 1 is 1.62 bits per heavy atom. The zero-order valence-electron chi connectivity index (χ0n) is 8.76. The number of methoxy groups -OCH3 is 1. The summed E-state index contributed by atoms with van der Waals surface area (Å²) >= 11 is 1.81. The summed E-state index contributed by atoms with van der Waals surface area (Å²) in [6.07, 6.45) is -1.25. The standard InChI is InChI=1S/C10H10F2INO2/c1-5-6(3-7(15)16-2)4-14-9(8(5)13)10(11)12/h4,10H,3H2,1-2H3. The second-order valence-corrected chi connectivity index (χ2v) is 4.24. The molecule has 0 aliphatic carbocycles. The summed E-state index contributed by atoms with van der Waals surface area (Å²) < 4.78 is 29.9. The van der Waals surface area contributed by atoms with Crippen molar-refractivity contribution in [3.8, 4) is 0 Å². The van der Waals surface area contributed by atoms with Crippen molar-refractivity contribution in [1.82, 2.24) is 4.98 Å². The normalized spacial score (nSPS) is 10.6. The van der Waals surface area contributed by atoms with E-state index >= 15 is 0 Å². The lowest BCUT2D eigenvalue weighted by atomic mass is 10.1. The predicted octanol–water partition coefficient (Wildman–Crippen LogP) is 2.65. The van der Waals surface area contributed by atoms with Gasteiger partial charge in [0.15, 0.2) is 0 Å². The van der Waals surface area contributed by atoms with Crippen molar-refractivity contribution in [2.45, 2.75) is 19.8 Å². The molecule has 3 nitrogen and oxygen atoms in total. The highest BCUT2D eigenvalue weighted by Gasteiger charge is 2.18. The number of hydrogen-bond acceptors (Lipinski definition) is 3. The molecule has 1 rings (SSSR count). The van der Waals surface area contributed by atoms with Crippen molar-refractivity contribution < 1.29 is 18.3 Å². The van der Waals surface area contributed by atoms with E-state index in [1.54, 1.807) is 6.92 Å². The van der Waals surface area contributed by atoms with Gasteiger partial charge in [-0.05, 0) is 40.6 Å². The second kappa shape index (κ2) is 5.51. The van der Waals surface area contributed by atoms with Crippen molar-refractivity contribution in [3.63, 3.8) is 0 Å². The maximum Gasteiger partial charge on any atom is 0.310 e. The molecule has 0 atom stereocenters. The maximum atomic E-state index is 12.5. The van der Waals surface area contributed by atoms with Gasteiger partial charge in [0.25, 0.3) is 6.43 Å². The monoisotopic (exact) mass is 341 g/mol. The van der Waals surface area contributed by atoms with Gasteiger partial charge >= 0.3 is 5.97 Å². The van der Waals surface area contributed by atoms with Crippen LogP contribution < -0.4 is 0 Å². The van der Waals surface area contributed by atoms with Gasteiger partial charge in [0.2, 0.25) is 0 Å². The highest BCUT2D eigenvalue weighted by Crippen LogP contribution is 2.26. The summed E-state index contributed by atoms with van der Waals surface area (Å²) in [5, 5.41) is 0. The van der Waals surface area contributed by atoms with Gasteiger partial charge in [-0.2, -0.15) is 0 Å². The average Bonchev–Trinajstić information content (AvgIpc) is 2.24. The van der Waals surface area contributed by atoms with E-state index in [1.165, 1.54) is 13.3 Å². The predicted molar refractivity (Wildman–Crippen MR) is 62.4 cm³/mol. The van der Waals surface area contributed by atoms with Crippen LogP contribution in [0.2, 0.25) is 0 Å². The van der Waals surface area contributed by atoms with Crippen LogP contribution in [-0.2, 0) is 16.0 Å². The average molecular weight is 341 g/mol. The number of alkyl halides is 2. The summed E-state index contributed by atoms with van der Waals surface area (Å²) in [6.45, 7) is 1.69. The van der Waals surface area contributed by atoms with Crippen molar-refractivity contribution in [2.75, 3.05) is 7.11 Å². The molecule has 0 radical (unpaired) electrons. The Balaban J connectivity index is 3.07. The number of esters is 1. The lowest BCUT2D eigenvalue weighted by molar-refractivity contribution is -0.139. The van der Waals surface area contributed by atoms with Crippen LogP contribution in [0.5, 0.6) is 0 Å². The molecule has 0 spiro atoms. The van der Waals surface area contributed by atoms with Crippen LogP contribution in [0.4, 0.5) is 8.78 Å². The Hall–Kier alpha value is -0.790. The third-order valence-electron chi connectivity index (χ3n) is 2.16. The Kier molecular flexibility index (Phi) is 4.57. The van der Waals surface area contributed by atoms with E-state index in [2.05, 4.69) is 9.72 Å². The molecule has 0 unspecified atom stereocenters. The number of rotatable bonds is 3. The first-order chi connectivity index (χ1) is 7.47. The van der Waals surface area contributed by atoms with Crippen molar-refractivity contribution in [2.24, 2.45) is 0 Å². The number of halogens is 3. The molecule has 0 fully saturated rings. The van der Waals surface area contributed by atoms with Crippen LogP contribution in [0.25, 0.3) is 0 Å². The summed E-state index contributed by atoms with van der Waals surface area (Å²) in [6, 6.07) is 0. The molecule has 0 bridgehead atoms. The van der Waals surface area contributed by atoms with Crippen LogP contribution >= 0.6 is 22.6 Å². The SMILES string of the molecule is COC(=O)Cc1cnc(C(F)F)c(I)c1C. The van der Waals surface area contributed by atoms with E-state index in [0.29, 0.717) is 14.7 Å². The molecule has 16 heavy (non-hydrogen) atoms. The van der Waals surface area contributed by atoms with E-state index in [4.69, 9.17) is 0 Å². The van der Waals surface area contributed by atoms with Crippen LogP contribution in [0, 0.1) is 10.5 Å². The molecule has 0 saturated carbocycles. The summed E-state index contributed by atoms with van der Waals surface area (Å²) in [7, 11) is 1.28. The lowest BCUT2D eigenvalue weighted by Gasteiger charge is -2.09. The fourth-order valence-corrected chi connectivity index (χ4v) is 1.91. The Bertz CT molecular complexity index is 410. The number of pyridine rings is 1. The minimum atomic E-state index is -2.60. The van der Waals surface area contributed by atoms with Gasteiger partial charge in [-0.25, -0.2) is 8.78 Å². The van der Waals surface area contributed by atoms with E-state index < -0.39 is 12.4 Å². The number of hydrogen-bond donors (Lipinski definition) is 0. The molecular weight excluding hydrogens is 331 g/mol. The van der Waals surface area contributed by atoms with Gasteiger partial charge in [0, 0.05) is 9.77 Å². The quantitative estimate of drug-likeness (QED) is 0.627. The van der Waals surface area contributed by atoms with Crippen molar-refractivity contribution in [3.05, 3.63) is 26.6 Å². The first kappa shape index (κ1) is 13.3. The number of carbonyl (C=O) groups is 1. The zero-order chi connectivity index (χ0) is 12.3. The largest absolute Gasteiger partial charge is 0.469 e. The highest BCUT2D eigenvalue weighted by molar-refractivity contribution is 14.1. The molecule has 1 aromatic heterocycles. The molecule has 0 saturated heterocycles. The van der Waals surface area contributed by atoms with E-state index in [-0.39, 0.29) is 12.1 Å². The molecule has 6 heteroatoms. The van der Waals surface area contributed by atoms with E-state index in [9.17, 15) is 13.6 Å². The molecule has 0 aliphatic heterocycles.